The summed E-state index contributed by atoms with van der Waals surface area (Å²) in [4.78, 5) is 0. The Balaban J connectivity index is 2.46. The zero-order valence-corrected chi connectivity index (χ0v) is 11.4. The van der Waals surface area contributed by atoms with Crippen molar-refractivity contribution < 1.29 is 14.3 Å². The van der Waals surface area contributed by atoms with Crippen LogP contribution in [-0.4, -0.2) is 11.0 Å². The molecular weight excluding hydrogens is 283 g/mol. The van der Waals surface area contributed by atoms with E-state index in [2.05, 4.69) is 5.16 Å². The third-order valence-corrected chi connectivity index (χ3v) is 2.87. The van der Waals surface area contributed by atoms with Gasteiger partial charge in [-0.15, -0.1) is 0 Å². The van der Waals surface area contributed by atoms with Gasteiger partial charge in [0.1, 0.15) is 5.75 Å². The van der Waals surface area contributed by atoms with Gasteiger partial charge in [-0.3, -0.25) is 0 Å². The third-order valence-electron chi connectivity index (χ3n) is 2.63. The summed E-state index contributed by atoms with van der Waals surface area (Å²) < 4.78 is 19.2. The van der Waals surface area contributed by atoms with Crippen molar-refractivity contribution in [1.82, 2.24) is 0 Å². The molecule has 3 N–H and O–H groups in total. The number of ether oxygens (including phenoxy) is 1. The molecule has 4 nitrogen and oxygen atoms in total. The summed E-state index contributed by atoms with van der Waals surface area (Å²) in [7, 11) is 0. The molecule has 0 bridgehead atoms. The Morgan fingerprint density at radius 2 is 2.00 bits per heavy atom. The van der Waals surface area contributed by atoms with Crippen LogP contribution in [-0.2, 0) is 0 Å². The SMILES string of the molecule is Cc1ccc(F)c(Oc2ccc(Cl)cc2C(N)=NO)c1. The third kappa shape index (κ3) is 3.00. The molecule has 0 heterocycles. The van der Waals surface area contributed by atoms with Crippen LogP contribution in [0.15, 0.2) is 41.6 Å². The number of hydrogen-bond donors (Lipinski definition) is 2. The molecule has 0 fully saturated rings. The Labute approximate surface area is 120 Å². The van der Waals surface area contributed by atoms with Crippen LogP contribution < -0.4 is 10.5 Å². The summed E-state index contributed by atoms with van der Waals surface area (Å²) in [5.74, 6) is -0.375. The number of benzene rings is 2. The highest BCUT2D eigenvalue weighted by molar-refractivity contribution is 6.31. The maximum atomic E-state index is 13.7. The summed E-state index contributed by atoms with van der Waals surface area (Å²) in [5, 5.41) is 12.1. The lowest BCUT2D eigenvalue weighted by Crippen LogP contribution is -2.14. The van der Waals surface area contributed by atoms with E-state index < -0.39 is 5.82 Å². The van der Waals surface area contributed by atoms with Crippen molar-refractivity contribution in [3.63, 3.8) is 0 Å². The van der Waals surface area contributed by atoms with Crippen LogP contribution >= 0.6 is 11.6 Å². The molecule has 0 unspecified atom stereocenters. The zero-order valence-electron chi connectivity index (χ0n) is 10.6. The van der Waals surface area contributed by atoms with E-state index in [9.17, 15) is 4.39 Å². The van der Waals surface area contributed by atoms with E-state index in [-0.39, 0.29) is 22.9 Å². The number of rotatable bonds is 3. The van der Waals surface area contributed by atoms with Gasteiger partial charge in [0.05, 0.1) is 5.56 Å². The smallest absolute Gasteiger partial charge is 0.173 e. The topological polar surface area (TPSA) is 67.8 Å². The van der Waals surface area contributed by atoms with Crippen molar-refractivity contribution in [2.45, 2.75) is 6.92 Å². The minimum Gasteiger partial charge on any atom is -0.454 e. The van der Waals surface area contributed by atoms with E-state index in [0.717, 1.165) is 5.56 Å². The first-order valence-electron chi connectivity index (χ1n) is 5.72. The second kappa shape index (κ2) is 5.79. The molecule has 0 saturated heterocycles. The molecule has 2 rings (SSSR count). The number of halogens is 2. The molecule has 2 aromatic rings. The number of nitrogens with two attached hydrogens (primary N) is 1. The summed E-state index contributed by atoms with van der Waals surface area (Å²) in [6, 6.07) is 9.06. The van der Waals surface area contributed by atoms with Gasteiger partial charge in [-0.2, -0.15) is 0 Å². The molecule has 0 aliphatic heterocycles. The average Bonchev–Trinajstić information content (AvgIpc) is 2.43. The second-order valence-electron chi connectivity index (χ2n) is 4.16. The number of aryl methyl sites for hydroxylation is 1. The summed E-state index contributed by atoms with van der Waals surface area (Å²) in [6.45, 7) is 1.82. The molecule has 0 atom stereocenters. The molecule has 104 valence electrons. The van der Waals surface area contributed by atoms with Crippen LogP contribution in [0, 0.1) is 12.7 Å². The highest BCUT2D eigenvalue weighted by Gasteiger charge is 2.12. The Morgan fingerprint density at radius 3 is 2.70 bits per heavy atom. The fourth-order valence-corrected chi connectivity index (χ4v) is 1.82. The molecule has 6 heteroatoms. The van der Waals surface area contributed by atoms with Crippen LogP contribution in [0.2, 0.25) is 5.02 Å². The monoisotopic (exact) mass is 294 g/mol. The molecule has 20 heavy (non-hydrogen) atoms. The van der Waals surface area contributed by atoms with Gasteiger partial charge in [0.15, 0.2) is 17.4 Å². The molecule has 0 saturated carbocycles. The van der Waals surface area contributed by atoms with Crippen LogP contribution in [0.3, 0.4) is 0 Å². The van der Waals surface area contributed by atoms with Crippen molar-refractivity contribution in [2.75, 3.05) is 0 Å². The van der Waals surface area contributed by atoms with Crippen LogP contribution in [0.1, 0.15) is 11.1 Å². The lowest BCUT2D eigenvalue weighted by atomic mass is 10.2. The quantitative estimate of drug-likeness (QED) is 0.393. The van der Waals surface area contributed by atoms with E-state index in [1.54, 1.807) is 18.2 Å². The highest BCUT2D eigenvalue weighted by Crippen LogP contribution is 2.30. The van der Waals surface area contributed by atoms with Gasteiger partial charge >= 0.3 is 0 Å². The Kier molecular flexibility index (Phi) is 4.10. The van der Waals surface area contributed by atoms with E-state index in [4.69, 9.17) is 27.3 Å². The predicted octanol–water partition coefficient (Wildman–Crippen LogP) is 3.67. The molecular formula is C14H12ClFN2O2. The molecule has 0 amide bonds. The number of hydrogen-bond acceptors (Lipinski definition) is 3. The molecule has 0 spiro atoms. The number of nitrogens with zero attached hydrogens (tertiary/aromatic N) is 1. The average molecular weight is 295 g/mol. The second-order valence-corrected chi connectivity index (χ2v) is 4.60. The largest absolute Gasteiger partial charge is 0.454 e. The van der Waals surface area contributed by atoms with Gasteiger partial charge in [0.25, 0.3) is 0 Å². The van der Waals surface area contributed by atoms with Gasteiger partial charge in [-0.05, 0) is 42.8 Å². The molecule has 2 aromatic carbocycles. The van der Waals surface area contributed by atoms with Gasteiger partial charge in [-0.25, -0.2) is 4.39 Å². The first-order chi connectivity index (χ1) is 9.51. The summed E-state index contributed by atoms with van der Waals surface area (Å²) in [5.41, 5.74) is 6.68. The molecule has 0 radical (unpaired) electrons. The van der Waals surface area contributed by atoms with Crippen molar-refractivity contribution in [1.29, 1.82) is 0 Å². The summed E-state index contributed by atoms with van der Waals surface area (Å²) >= 11 is 5.86. The van der Waals surface area contributed by atoms with Crippen molar-refractivity contribution in [3.8, 4) is 11.5 Å². The predicted molar refractivity (Wildman–Crippen MR) is 75.2 cm³/mol. The lowest BCUT2D eigenvalue weighted by Gasteiger charge is -2.11. The fraction of sp³-hybridized carbons (Fsp3) is 0.0714. The van der Waals surface area contributed by atoms with E-state index >= 15 is 0 Å². The standard InChI is InChI=1S/C14H12ClFN2O2/c1-8-2-4-11(16)13(6-8)20-12-5-3-9(15)7-10(12)14(17)18-19/h2-7,19H,1H3,(H2,17,18). The van der Waals surface area contributed by atoms with Crippen molar-refractivity contribution in [3.05, 3.63) is 58.4 Å². The minimum absolute atomic E-state index is 0.0549. The normalized spacial score (nSPS) is 11.4. The fourth-order valence-electron chi connectivity index (χ4n) is 1.65. The summed E-state index contributed by atoms with van der Waals surface area (Å²) in [6.07, 6.45) is 0. The molecule has 0 aliphatic carbocycles. The van der Waals surface area contributed by atoms with E-state index in [1.807, 2.05) is 6.92 Å². The Morgan fingerprint density at radius 1 is 1.25 bits per heavy atom. The zero-order chi connectivity index (χ0) is 14.7. The van der Waals surface area contributed by atoms with E-state index in [0.29, 0.717) is 5.02 Å². The van der Waals surface area contributed by atoms with E-state index in [1.165, 1.54) is 18.2 Å². The minimum atomic E-state index is -0.504. The van der Waals surface area contributed by atoms with Gasteiger partial charge in [-0.1, -0.05) is 22.8 Å². The number of amidine groups is 1. The van der Waals surface area contributed by atoms with Crippen LogP contribution in [0.4, 0.5) is 4.39 Å². The maximum absolute atomic E-state index is 13.7. The van der Waals surface area contributed by atoms with Crippen molar-refractivity contribution >= 4 is 17.4 Å². The van der Waals surface area contributed by atoms with Gasteiger partial charge < -0.3 is 15.7 Å². The first-order valence-corrected chi connectivity index (χ1v) is 6.10. The van der Waals surface area contributed by atoms with Crippen LogP contribution in [0.5, 0.6) is 11.5 Å². The van der Waals surface area contributed by atoms with Crippen LogP contribution in [0.25, 0.3) is 0 Å². The molecule has 0 aromatic heterocycles. The lowest BCUT2D eigenvalue weighted by molar-refractivity contribution is 0.318. The highest BCUT2D eigenvalue weighted by atomic mass is 35.5. The number of oxime groups is 1. The maximum Gasteiger partial charge on any atom is 0.173 e. The molecule has 0 aliphatic rings. The Hall–Kier alpha value is -2.27. The van der Waals surface area contributed by atoms with Gasteiger partial charge in [0, 0.05) is 5.02 Å². The first kappa shape index (κ1) is 14.1. The van der Waals surface area contributed by atoms with Crippen molar-refractivity contribution in [2.24, 2.45) is 10.9 Å². The Bertz CT molecular complexity index is 674. The van der Waals surface area contributed by atoms with Gasteiger partial charge in [0.2, 0.25) is 0 Å².